The molecule has 0 radical (unpaired) electrons. The number of H-pyrrole nitrogens is 1. The molecule has 2 heterocycles. The van der Waals surface area contributed by atoms with E-state index in [-0.39, 0.29) is 10.6 Å². The van der Waals surface area contributed by atoms with Crippen LogP contribution in [-0.2, 0) is 11.3 Å². The van der Waals surface area contributed by atoms with Crippen LogP contribution in [0.4, 0.5) is 0 Å². The van der Waals surface area contributed by atoms with Gasteiger partial charge in [0.25, 0.3) is 5.56 Å². The molecule has 0 aliphatic carbocycles. The maximum absolute atomic E-state index is 12.4. The Bertz CT molecular complexity index is 915. The van der Waals surface area contributed by atoms with Crippen LogP contribution in [0.2, 0.25) is 5.02 Å². The van der Waals surface area contributed by atoms with Gasteiger partial charge in [0.1, 0.15) is 5.02 Å². The Kier molecular flexibility index (Phi) is 4.91. The Morgan fingerprint density at radius 2 is 1.96 bits per heavy atom. The standard InChI is InChI=1S/C16H17ClN6OS/c1-16(2,3)23-15(24)13(17)12(8-18-23)25-9-10-4-6-11(7-5-10)14-19-21-22-20-14/h4-8H,9H2,1-3H3,(H,19,20,21,22). The number of halogens is 1. The molecule has 3 rings (SSSR count). The number of benzene rings is 1. The molecule has 0 amide bonds. The van der Waals surface area contributed by atoms with Crippen LogP contribution in [0.25, 0.3) is 11.4 Å². The second kappa shape index (κ2) is 6.97. The molecule has 0 spiro atoms. The zero-order chi connectivity index (χ0) is 18.0. The van der Waals surface area contributed by atoms with E-state index in [9.17, 15) is 4.79 Å². The van der Waals surface area contributed by atoms with E-state index < -0.39 is 5.54 Å². The Labute approximate surface area is 153 Å². The fraction of sp³-hybridized carbons (Fsp3) is 0.312. The van der Waals surface area contributed by atoms with Crippen LogP contribution in [0.15, 0.2) is 40.2 Å². The van der Waals surface area contributed by atoms with Crippen molar-refractivity contribution in [3.8, 4) is 11.4 Å². The first-order chi connectivity index (χ1) is 11.9. The molecule has 0 aliphatic heterocycles. The van der Waals surface area contributed by atoms with Gasteiger partial charge in [0.05, 0.1) is 16.6 Å². The van der Waals surface area contributed by atoms with Gasteiger partial charge >= 0.3 is 0 Å². The lowest BCUT2D eigenvalue weighted by Crippen LogP contribution is -2.36. The predicted molar refractivity (Wildman–Crippen MR) is 97.7 cm³/mol. The lowest BCUT2D eigenvalue weighted by Gasteiger charge is -2.21. The van der Waals surface area contributed by atoms with Crippen molar-refractivity contribution in [2.75, 3.05) is 0 Å². The number of nitrogens with one attached hydrogen (secondary N) is 1. The SMILES string of the molecule is CC(C)(C)n1ncc(SCc2ccc(-c3nnn[nH]3)cc2)c(Cl)c1=O. The van der Waals surface area contributed by atoms with Gasteiger partial charge in [0, 0.05) is 11.3 Å². The number of thioether (sulfide) groups is 1. The Morgan fingerprint density at radius 1 is 1.24 bits per heavy atom. The average Bonchev–Trinajstić information content (AvgIpc) is 3.10. The maximum Gasteiger partial charge on any atom is 0.287 e. The van der Waals surface area contributed by atoms with Crippen molar-refractivity contribution >= 4 is 23.4 Å². The summed E-state index contributed by atoms with van der Waals surface area (Å²) < 4.78 is 1.40. The highest BCUT2D eigenvalue weighted by Gasteiger charge is 2.19. The average molecular weight is 377 g/mol. The first-order valence-electron chi connectivity index (χ1n) is 7.60. The van der Waals surface area contributed by atoms with Crippen molar-refractivity contribution in [2.24, 2.45) is 0 Å². The monoisotopic (exact) mass is 376 g/mol. The van der Waals surface area contributed by atoms with Gasteiger partial charge in [-0.2, -0.15) is 5.10 Å². The summed E-state index contributed by atoms with van der Waals surface area (Å²) in [5.41, 5.74) is 1.32. The highest BCUT2D eigenvalue weighted by molar-refractivity contribution is 7.98. The van der Waals surface area contributed by atoms with Gasteiger partial charge in [-0.05, 0) is 36.8 Å². The van der Waals surface area contributed by atoms with Crippen molar-refractivity contribution in [2.45, 2.75) is 37.0 Å². The number of hydrogen-bond donors (Lipinski definition) is 1. The van der Waals surface area contributed by atoms with E-state index in [0.717, 1.165) is 11.1 Å². The van der Waals surface area contributed by atoms with Gasteiger partial charge in [0.2, 0.25) is 0 Å². The first kappa shape index (κ1) is 17.6. The van der Waals surface area contributed by atoms with Crippen molar-refractivity contribution < 1.29 is 0 Å². The minimum absolute atomic E-state index is 0.208. The Balaban J connectivity index is 1.74. The van der Waals surface area contributed by atoms with E-state index in [2.05, 4.69) is 25.7 Å². The molecule has 0 unspecified atom stereocenters. The van der Waals surface area contributed by atoms with E-state index in [1.165, 1.54) is 16.4 Å². The van der Waals surface area contributed by atoms with E-state index in [0.29, 0.717) is 16.5 Å². The lowest BCUT2D eigenvalue weighted by atomic mass is 10.1. The second-order valence-electron chi connectivity index (χ2n) is 6.45. The van der Waals surface area contributed by atoms with Crippen molar-refractivity contribution in [3.05, 3.63) is 51.4 Å². The van der Waals surface area contributed by atoms with Crippen molar-refractivity contribution in [1.82, 2.24) is 30.4 Å². The molecule has 0 atom stereocenters. The predicted octanol–water partition coefficient (Wildman–Crippen LogP) is 3.12. The van der Waals surface area contributed by atoms with Gasteiger partial charge in [-0.1, -0.05) is 35.9 Å². The topological polar surface area (TPSA) is 89.3 Å². The summed E-state index contributed by atoms with van der Waals surface area (Å²) >= 11 is 7.72. The number of aromatic amines is 1. The normalized spacial score (nSPS) is 11.7. The van der Waals surface area contributed by atoms with Crippen LogP contribution in [-0.4, -0.2) is 30.4 Å². The molecule has 25 heavy (non-hydrogen) atoms. The van der Waals surface area contributed by atoms with Crippen molar-refractivity contribution in [1.29, 1.82) is 0 Å². The van der Waals surface area contributed by atoms with Crippen LogP contribution in [0.1, 0.15) is 26.3 Å². The molecule has 1 N–H and O–H groups in total. The summed E-state index contributed by atoms with van der Waals surface area (Å²) in [4.78, 5) is 13.0. The fourth-order valence-electron chi connectivity index (χ4n) is 2.20. The number of rotatable bonds is 4. The van der Waals surface area contributed by atoms with Gasteiger partial charge < -0.3 is 0 Å². The molecule has 0 saturated carbocycles. The van der Waals surface area contributed by atoms with E-state index in [1.807, 2.05) is 45.0 Å². The summed E-state index contributed by atoms with van der Waals surface area (Å²) in [6, 6.07) is 7.86. The summed E-state index contributed by atoms with van der Waals surface area (Å²) in [5.74, 6) is 1.30. The third-order valence-corrected chi connectivity index (χ3v) is 5.06. The summed E-state index contributed by atoms with van der Waals surface area (Å²) in [6.07, 6.45) is 1.65. The van der Waals surface area contributed by atoms with Gasteiger partial charge in [-0.15, -0.1) is 16.9 Å². The highest BCUT2D eigenvalue weighted by Crippen LogP contribution is 2.28. The van der Waals surface area contributed by atoms with Crippen LogP contribution in [0.3, 0.4) is 0 Å². The zero-order valence-electron chi connectivity index (χ0n) is 14.0. The quantitative estimate of drug-likeness (QED) is 0.703. The molecule has 1 aromatic carbocycles. The summed E-state index contributed by atoms with van der Waals surface area (Å²) in [7, 11) is 0. The largest absolute Gasteiger partial charge is 0.287 e. The van der Waals surface area contributed by atoms with E-state index in [4.69, 9.17) is 11.6 Å². The molecule has 0 aliphatic rings. The molecule has 0 saturated heterocycles. The fourth-order valence-corrected chi connectivity index (χ4v) is 3.34. The van der Waals surface area contributed by atoms with Gasteiger partial charge in [0.15, 0.2) is 5.82 Å². The lowest BCUT2D eigenvalue weighted by molar-refractivity contribution is 0.336. The smallest absolute Gasteiger partial charge is 0.266 e. The molecule has 0 fully saturated rings. The molecule has 7 nitrogen and oxygen atoms in total. The van der Waals surface area contributed by atoms with Crippen molar-refractivity contribution in [3.63, 3.8) is 0 Å². The number of aromatic nitrogens is 6. The Hall–Kier alpha value is -2.19. The van der Waals surface area contributed by atoms with Gasteiger partial charge in [-0.3, -0.25) is 4.79 Å². The summed E-state index contributed by atoms with van der Waals surface area (Å²) in [6.45, 7) is 5.74. The van der Waals surface area contributed by atoms with E-state index in [1.54, 1.807) is 6.20 Å². The van der Waals surface area contributed by atoms with Crippen LogP contribution >= 0.6 is 23.4 Å². The number of hydrogen-bond acceptors (Lipinski definition) is 6. The third-order valence-electron chi connectivity index (χ3n) is 3.49. The third kappa shape index (κ3) is 3.91. The van der Waals surface area contributed by atoms with Crippen LogP contribution in [0, 0.1) is 0 Å². The first-order valence-corrected chi connectivity index (χ1v) is 8.97. The minimum Gasteiger partial charge on any atom is -0.266 e. The van der Waals surface area contributed by atoms with Crippen LogP contribution < -0.4 is 5.56 Å². The summed E-state index contributed by atoms with van der Waals surface area (Å²) in [5, 5.41) is 18.2. The van der Waals surface area contributed by atoms with Gasteiger partial charge in [-0.25, -0.2) is 9.78 Å². The molecule has 0 bridgehead atoms. The number of nitrogens with zero attached hydrogens (tertiary/aromatic N) is 5. The second-order valence-corrected chi connectivity index (χ2v) is 7.84. The molecular formula is C16H17ClN6OS. The highest BCUT2D eigenvalue weighted by atomic mass is 35.5. The van der Waals surface area contributed by atoms with Crippen LogP contribution in [0.5, 0.6) is 0 Å². The number of tetrazole rings is 1. The maximum atomic E-state index is 12.4. The Morgan fingerprint density at radius 3 is 2.56 bits per heavy atom. The van der Waals surface area contributed by atoms with E-state index >= 15 is 0 Å². The molecule has 2 aromatic heterocycles. The molecule has 3 aromatic rings. The minimum atomic E-state index is -0.407. The molecule has 9 heteroatoms. The molecule has 130 valence electrons. The zero-order valence-corrected chi connectivity index (χ0v) is 15.6. The molecular weight excluding hydrogens is 360 g/mol.